The van der Waals surface area contributed by atoms with Crippen LogP contribution in [0.4, 0.5) is 8.78 Å². The Morgan fingerprint density at radius 2 is 1.24 bits per heavy atom. The number of carbonyl (C=O) groups is 2. The van der Waals surface area contributed by atoms with Gasteiger partial charge in [-0.15, -0.1) is 0 Å². The summed E-state index contributed by atoms with van der Waals surface area (Å²) in [6.07, 6.45) is 0.746. The molecule has 0 radical (unpaired) electrons. The van der Waals surface area contributed by atoms with Gasteiger partial charge < -0.3 is 14.4 Å². The molecule has 4 aliphatic rings. The Labute approximate surface area is 271 Å². The number of hydrogen-bond donors (Lipinski definition) is 0. The second kappa shape index (κ2) is 13.8. The first-order valence-corrected chi connectivity index (χ1v) is 16.8. The zero-order chi connectivity index (χ0) is 32.4. The largest absolute Gasteiger partial charge is 0.466 e. The molecule has 0 aromatic heterocycles. The van der Waals surface area contributed by atoms with Crippen LogP contribution < -0.4 is 0 Å². The van der Waals surface area contributed by atoms with Crippen molar-refractivity contribution in [2.45, 2.75) is 77.8 Å². The highest BCUT2D eigenvalue weighted by Gasteiger charge is 2.63. The van der Waals surface area contributed by atoms with E-state index in [4.69, 9.17) is 21.7 Å². The molecule has 45 heavy (non-hydrogen) atoms. The van der Waals surface area contributed by atoms with Crippen molar-refractivity contribution in [2.75, 3.05) is 32.8 Å². The van der Waals surface area contributed by atoms with Crippen LogP contribution in [0, 0.1) is 22.7 Å². The molecule has 0 N–H and O–H groups in total. The van der Waals surface area contributed by atoms with Gasteiger partial charge in [0.05, 0.1) is 30.1 Å². The van der Waals surface area contributed by atoms with E-state index < -0.39 is 23.2 Å². The lowest BCUT2D eigenvalue weighted by atomic mass is 9.87. The van der Waals surface area contributed by atoms with Crippen LogP contribution in [0.1, 0.15) is 76.6 Å². The van der Waals surface area contributed by atoms with Crippen LogP contribution >= 0.6 is 12.2 Å². The second-order valence-corrected chi connectivity index (χ2v) is 13.4. The van der Waals surface area contributed by atoms with Crippen molar-refractivity contribution >= 4 is 29.1 Å². The maximum atomic E-state index is 14.9. The zero-order valence-electron chi connectivity index (χ0n) is 26.8. The van der Waals surface area contributed by atoms with Crippen LogP contribution in [0.25, 0.3) is 0 Å². The van der Waals surface area contributed by atoms with Gasteiger partial charge in [-0.05, 0) is 64.5 Å². The number of ether oxygens (including phenoxy) is 2. The molecule has 9 heteroatoms. The van der Waals surface area contributed by atoms with E-state index in [0.29, 0.717) is 50.7 Å². The highest BCUT2D eigenvalue weighted by atomic mass is 32.1. The molecular weight excluding hydrogens is 594 g/mol. The Hall–Kier alpha value is -2.91. The van der Waals surface area contributed by atoms with Gasteiger partial charge in [-0.25, -0.2) is 8.78 Å². The van der Waals surface area contributed by atoms with Crippen LogP contribution in [0.3, 0.4) is 0 Å². The third-order valence-corrected chi connectivity index (χ3v) is 10.9. The molecule has 6 rings (SSSR count). The van der Waals surface area contributed by atoms with Crippen molar-refractivity contribution in [3.63, 3.8) is 0 Å². The van der Waals surface area contributed by atoms with Gasteiger partial charge in [0.1, 0.15) is 11.2 Å². The van der Waals surface area contributed by atoms with Crippen LogP contribution in [-0.4, -0.2) is 71.9 Å². The summed E-state index contributed by atoms with van der Waals surface area (Å²) < 4.78 is 39.8. The molecule has 244 valence electrons. The van der Waals surface area contributed by atoms with E-state index in [-0.39, 0.29) is 35.9 Å². The molecule has 2 aromatic carbocycles. The first kappa shape index (κ1) is 33.5. The van der Waals surface area contributed by atoms with E-state index in [9.17, 15) is 18.4 Å². The Kier molecular flexibility index (Phi) is 10.3. The van der Waals surface area contributed by atoms with Crippen LogP contribution in [0.2, 0.25) is 0 Å². The first-order chi connectivity index (χ1) is 21.6. The third-order valence-electron chi connectivity index (χ3n) is 10.5. The van der Waals surface area contributed by atoms with Crippen LogP contribution in [-0.2, 0) is 19.1 Å². The number of nitrogens with zero attached hydrogens (tertiary/aromatic N) is 2. The maximum Gasteiger partial charge on any atom is 0.312 e. The minimum Gasteiger partial charge on any atom is -0.466 e. The molecule has 2 aliphatic carbocycles. The summed E-state index contributed by atoms with van der Waals surface area (Å²) in [6, 6.07) is 20.3. The fourth-order valence-electron chi connectivity index (χ4n) is 7.28. The van der Waals surface area contributed by atoms with Gasteiger partial charge >= 0.3 is 11.9 Å². The molecule has 2 aliphatic heterocycles. The average molecular weight is 641 g/mol. The van der Waals surface area contributed by atoms with Crippen molar-refractivity contribution in [1.29, 1.82) is 0 Å². The highest BCUT2D eigenvalue weighted by molar-refractivity contribution is 7.80. The Bertz CT molecular complexity index is 1340. The molecule has 2 aromatic rings. The number of carbonyl (C=O) groups excluding carboxylic acids is 2. The monoisotopic (exact) mass is 640 g/mol. The Balaban J connectivity index is 0.000000178. The third kappa shape index (κ3) is 6.66. The van der Waals surface area contributed by atoms with Gasteiger partial charge in [0, 0.05) is 37.5 Å². The normalized spacial score (nSPS) is 27.6. The molecular formula is C36H46F2N2O4S. The summed E-state index contributed by atoms with van der Waals surface area (Å²) in [5.41, 5.74) is 1.07. The zero-order valence-corrected chi connectivity index (χ0v) is 27.6. The van der Waals surface area contributed by atoms with Gasteiger partial charge in [-0.2, -0.15) is 0 Å². The van der Waals surface area contributed by atoms with Gasteiger partial charge in [0.15, 0.2) is 6.17 Å². The molecule has 2 heterocycles. The average Bonchev–Trinajstić information content (AvgIpc) is 3.98. The smallest absolute Gasteiger partial charge is 0.312 e. The predicted octanol–water partition coefficient (Wildman–Crippen LogP) is 7.05. The summed E-state index contributed by atoms with van der Waals surface area (Å²) in [6.45, 7) is 9.94. The number of rotatable bonds is 10. The number of esters is 2. The predicted molar refractivity (Wildman–Crippen MR) is 174 cm³/mol. The van der Waals surface area contributed by atoms with Crippen LogP contribution in [0.15, 0.2) is 60.7 Å². The summed E-state index contributed by atoms with van der Waals surface area (Å²) in [5, 5.41) is 0. The van der Waals surface area contributed by atoms with E-state index in [1.165, 1.54) is 5.56 Å². The van der Waals surface area contributed by atoms with E-state index in [1.54, 1.807) is 13.8 Å². The lowest BCUT2D eigenvalue weighted by molar-refractivity contribution is -0.153. The van der Waals surface area contributed by atoms with Crippen molar-refractivity contribution in [3.8, 4) is 0 Å². The van der Waals surface area contributed by atoms with Gasteiger partial charge in [-0.1, -0.05) is 72.9 Å². The van der Waals surface area contributed by atoms with Crippen molar-refractivity contribution in [2.24, 2.45) is 22.7 Å². The quantitative estimate of drug-likeness (QED) is 0.204. The summed E-state index contributed by atoms with van der Waals surface area (Å²) in [7, 11) is 0. The summed E-state index contributed by atoms with van der Waals surface area (Å²) >= 11 is 5.36. The van der Waals surface area contributed by atoms with Crippen molar-refractivity contribution in [3.05, 3.63) is 71.8 Å². The van der Waals surface area contributed by atoms with Crippen molar-refractivity contribution < 1.29 is 27.8 Å². The molecule has 6 atom stereocenters. The number of alkyl halides is 2. The Morgan fingerprint density at radius 1 is 0.778 bits per heavy atom. The number of halogens is 2. The summed E-state index contributed by atoms with van der Waals surface area (Å²) in [5.74, 6) is -1.07. The number of hydrogen-bond acceptors (Lipinski definition) is 6. The summed E-state index contributed by atoms with van der Waals surface area (Å²) in [4.78, 5) is 28.9. The fourth-order valence-corrected chi connectivity index (χ4v) is 7.68. The standard InChI is InChI=1S/C18H22FNO2S.C18H24FNO2/c1-3-22-17(21)18(9-10-18)14-11-20(16(23)15(14)19)12(2)13-7-5-4-6-8-13;1-3-22-17(21)18(9-10-18)15-11-20(12-16(15)19)13(2)14-7-5-4-6-8-14/h4-8,12,14-15H,3,9-11H2,1-2H3;4-8,13,15-16H,3,9-12H2,1-2H3/t12?,14-,15-;13?,15-,16+/m00/s1. The van der Waals surface area contributed by atoms with Crippen molar-refractivity contribution in [1.82, 2.24) is 9.80 Å². The SMILES string of the molecule is CCOC(=O)C1([C@H]2CN(C(C)c3ccccc3)C(=S)[C@H]2F)CC1.CCOC(=O)C1([C@H]2CN(C(C)c3ccccc3)C[C@H]2F)CC1. The molecule has 0 spiro atoms. The van der Waals surface area contributed by atoms with E-state index in [0.717, 1.165) is 18.4 Å². The van der Waals surface area contributed by atoms with Gasteiger partial charge in [0.2, 0.25) is 0 Å². The van der Waals surface area contributed by atoms with E-state index in [1.807, 2.05) is 60.4 Å². The van der Waals surface area contributed by atoms with Gasteiger partial charge in [-0.3, -0.25) is 14.5 Å². The molecule has 4 fully saturated rings. The molecule has 2 saturated carbocycles. The number of likely N-dealkylation sites (tertiary alicyclic amines) is 2. The lowest BCUT2D eigenvalue weighted by Gasteiger charge is -2.27. The molecule has 0 amide bonds. The maximum absolute atomic E-state index is 14.9. The topological polar surface area (TPSA) is 59.1 Å². The fraction of sp³-hybridized carbons (Fsp3) is 0.583. The minimum atomic E-state index is -1.25. The molecule has 2 unspecified atom stereocenters. The number of thiocarbonyl (C=S) groups is 1. The highest BCUT2D eigenvalue weighted by Crippen LogP contribution is 2.58. The van der Waals surface area contributed by atoms with Crippen LogP contribution in [0.5, 0.6) is 0 Å². The second-order valence-electron chi connectivity index (χ2n) is 13.0. The van der Waals surface area contributed by atoms with Gasteiger partial charge in [0.25, 0.3) is 0 Å². The Morgan fingerprint density at radius 3 is 1.71 bits per heavy atom. The first-order valence-electron chi connectivity index (χ1n) is 16.4. The number of benzene rings is 2. The molecule has 0 bridgehead atoms. The molecule has 6 nitrogen and oxygen atoms in total. The lowest BCUT2D eigenvalue weighted by Crippen LogP contribution is -2.34. The van der Waals surface area contributed by atoms with E-state index in [2.05, 4.69) is 24.0 Å². The van der Waals surface area contributed by atoms with E-state index >= 15 is 0 Å². The molecule has 2 saturated heterocycles. The minimum absolute atomic E-state index is 0.00458.